The summed E-state index contributed by atoms with van der Waals surface area (Å²) in [7, 11) is 0. The minimum absolute atomic E-state index is 0.0272. The second-order valence-electron chi connectivity index (χ2n) is 9.28. The van der Waals surface area contributed by atoms with E-state index in [1.54, 1.807) is 0 Å². The molecule has 1 unspecified atom stereocenters. The molecule has 0 saturated carbocycles. The number of morpholine rings is 1. The summed E-state index contributed by atoms with van der Waals surface area (Å²) in [5.41, 5.74) is 0.706. The lowest BCUT2D eigenvalue weighted by atomic mass is 9.91. The van der Waals surface area contributed by atoms with E-state index in [1.807, 2.05) is 0 Å². The van der Waals surface area contributed by atoms with Crippen molar-refractivity contribution >= 4 is 24.1 Å². The van der Waals surface area contributed by atoms with Crippen LogP contribution < -0.4 is 15.5 Å². The molecule has 36 heavy (non-hydrogen) atoms. The first-order valence-corrected chi connectivity index (χ1v) is 12.3. The van der Waals surface area contributed by atoms with Gasteiger partial charge in [-0.1, -0.05) is 6.07 Å². The molecule has 8 nitrogen and oxygen atoms in total. The summed E-state index contributed by atoms with van der Waals surface area (Å²) in [6.07, 6.45) is 3.88. The van der Waals surface area contributed by atoms with Gasteiger partial charge in [0.2, 0.25) is 0 Å². The summed E-state index contributed by atoms with van der Waals surface area (Å²) in [4.78, 5) is 8.06. The second kappa shape index (κ2) is 12.2. The molecule has 2 fully saturated rings. The Labute approximate surface area is 210 Å². The summed E-state index contributed by atoms with van der Waals surface area (Å²) >= 11 is 0. The average molecular weight is 501 g/mol. The van der Waals surface area contributed by atoms with Gasteiger partial charge >= 0.3 is 0 Å². The van der Waals surface area contributed by atoms with Gasteiger partial charge < -0.3 is 25.4 Å². The Morgan fingerprint density at radius 2 is 1.81 bits per heavy atom. The normalized spacial score (nSPS) is 19.2. The van der Waals surface area contributed by atoms with Crippen LogP contribution in [0.5, 0.6) is 0 Å². The smallest absolute Gasteiger partial charge is 0.132 e. The number of piperidine rings is 1. The lowest BCUT2D eigenvalue weighted by Crippen LogP contribution is -2.50. The standard InChI is InChI=1S/C26H34F2N6O2/c27-20-1-6-24(25(28)15-20)26(35,16-30-19-31-18-29)17-33-9-7-22(8-10-33)32-21-2-4-23(5-3-21)34-11-13-36-14-12-34/h1-6,15,18-19,22,32,35H,7-14,16-17H2,(H2,29,30,31). The van der Waals surface area contributed by atoms with Gasteiger partial charge in [-0.25, -0.2) is 13.8 Å². The Hall–Kier alpha value is -3.08. The Bertz CT molecular complexity index is 1020. The SMILES string of the molecule is N=C/N=C\NCC(O)(CN1CCC(Nc2ccc(N3CCOCC3)cc2)CC1)c1ccc(F)cc1F. The number of aliphatic hydroxyl groups is 1. The van der Waals surface area contributed by atoms with Gasteiger partial charge in [-0.15, -0.1) is 0 Å². The van der Waals surface area contributed by atoms with Crippen molar-refractivity contribution in [3.05, 3.63) is 59.7 Å². The number of likely N-dealkylation sites (tertiary alicyclic amines) is 1. The average Bonchev–Trinajstić information content (AvgIpc) is 2.89. The van der Waals surface area contributed by atoms with E-state index in [2.05, 4.69) is 49.7 Å². The van der Waals surface area contributed by atoms with Crippen LogP contribution in [0.15, 0.2) is 47.5 Å². The molecule has 0 bridgehead atoms. The van der Waals surface area contributed by atoms with E-state index in [0.29, 0.717) is 6.04 Å². The molecule has 2 saturated heterocycles. The summed E-state index contributed by atoms with van der Waals surface area (Å²) < 4.78 is 33.5. The monoisotopic (exact) mass is 500 g/mol. The van der Waals surface area contributed by atoms with Gasteiger partial charge in [-0.2, -0.15) is 0 Å². The van der Waals surface area contributed by atoms with Crippen molar-refractivity contribution in [1.29, 1.82) is 5.41 Å². The number of hydrogen-bond donors (Lipinski definition) is 4. The second-order valence-corrected chi connectivity index (χ2v) is 9.28. The van der Waals surface area contributed by atoms with Gasteiger partial charge in [0.15, 0.2) is 0 Å². The van der Waals surface area contributed by atoms with Gasteiger partial charge in [-0.05, 0) is 43.2 Å². The van der Waals surface area contributed by atoms with Gasteiger partial charge in [0, 0.05) is 61.8 Å². The molecule has 2 heterocycles. The van der Waals surface area contributed by atoms with Crippen LogP contribution in [0.2, 0.25) is 0 Å². The summed E-state index contributed by atoms with van der Waals surface area (Å²) in [6.45, 7) is 4.94. The molecular weight excluding hydrogens is 466 g/mol. The third-order valence-electron chi connectivity index (χ3n) is 6.75. The van der Waals surface area contributed by atoms with Crippen molar-refractivity contribution in [2.45, 2.75) is 24.5 Å². The largest absolute Gasteiger partial charge is 0.382 e. The van der Waals surface area contributed by atoms with E-state index >= 15 is 0 Å². The predicted octanol–water partition coefficient (Wildman–Crippen LogP) is 2.79. The lowest BCUT2D eigenvalue weighted by Gasteiger charge is -2.39. The van der Waals surface area contributed by atoms with E-state index in [4.69, 9.17) is 10.1 Å². The zero-order valence-corrected chi connectivity index (χ0v) is 20.3. The fourth-order valence-electron chi connectivity index (χ4n) is 4.84. The first kappa shape index (κ1) is 26.0. The maximum absolute atomic E-state index is 14.6. The van der Waals surface area contributed by atoms with Crippen molar-refractivity contribution in [2.75, 3.05) is 62.7 Å². The maximum Gasteiger partial charge on any atom is 0.132 e. The Morgan fingerprint density at radius 1 is 1.08 bits per heavy atom. The van der Waals surface area contributed by atoms with Crippen LogP contribution in [0, 0.1) is 17.0 Å². The van der Waals surface area contributed by atoms with Crippen LogP contribution in [-0.4, -0.2) is 81.2 Å². The molecule has 2 aromatic rings. The van der Waals surface area contributed by atoms with Crippen LogP contribution in [0.4, 0.5) is 20.2 Å². The number of benzene rings is 2. The van der Waals surface area contributed by atoms with Crippen LogP contribution >= 0.6 is 0 Å². The minimum Gasteiger partial charge on any atom is -0.382 e. The Balaban J connectivity index is 1.33. The molecule has 1 atom stereocenters. The molecular formula is C26H34F2N6O2. The summed E-state index contributed by atoms with van der Waals surface area (Å²) in [6, 6.07) is 12.0. The highest BCUT2D eigenvalue weighted by Crippen LogP contribution is 2.28. The number of nitrogens with one attached hydrogen (secondary N) is 3. The van der Waals surface area contributed by atoms with Gasteiger partial charge in [0.05, 0.1) is 26.1 Å². The van der Waals surface area contributed by atoms with E-state index in [0.717, 1.165) is 76.4 Å². The molecule has 2 aliphatic heterocycles. The van der Waals surface area contributed by atoms with Crippen LogP contribution in [0.1, 0.15) is 18.4 Å². The molecule has 194 valence electrons. The number of rotatable bonds is 10. The number of β-amino-alcohol motifs (C(OH)–C–C–N with tert-alkyl or cyclic N) is 1. The zero-order valence-electron chi connectivity index (χ0n) is 20.3. The van der Waals surface area contributed by atoms with Crippen molar-refractivity contribution in [3.63, 3.8) is 0 Å². The highest BCUT2D eigenvalue weighted by Gasteiger charge is 2.35. The molecule has 0 aliphatic carbocycles. The molecule has 4 rings (SSSR count). The van der Waals surface area contributed by atoms with Crippen molar-refractivity contribution in [1.82, 2.24) is 10.2 Å². The maximum atomic E-state index is 14.6. The zero-order chi connectivity index (χ0) is 25.4. The number of anilines is 2. The van der Waals surface area contributed by atoms with Crippen molar-refractivity contribution in [2.24, 2.45) is 4.99 Å². The number of ether oxygens (including phenoxy) is 1. The third-order valence-corrected chi connectivity index (χ3v) is 6.75. The summed E-state index contributed by atoms with van der Waals surface area (Å²) in [5.74, 6) is -1.48. The molecule has 0 aromatic heterocycles. The van der Waals surface area contributed by atoms with Crippen molar-refractivity contribution < 1.29 is 18.6 Å². The van der Waals surface area contributed by atoms with E-state index in [-0.39, 0.29) is 18.7 Å². The molecule has 0 spiro atoms. The topological polar surface area (TPSA) is 96.2 Å². The number of hydrogen-bond acceptors (Lipinski definition) is 6. The Morgan fingerprint density at radius 3 is 2.47 bits per heavy atom. The number of nitrogens with zero attached hydrogens (tertiary/aromatic N) is 3. The van der Waals surface area contributed by atoms with E-state index < -0.39 is 17.2 Å². The van der Waals surface area contributed by atoms with Crippen LogP contribution in [0.3, 0.4) is 0 Å². The quantitative estimate of drug-likeness (QED) is 0.296. The number of aliphatic imine (C=N–C) groups is 1. The highest BCUT2D eigenvalue weighted by atomic mass is 19.1. The Kier molecular flexibility index (Phi) is 8.84. The van der Waals surface area contributed by atoms with Crippen LogP contribution in [-0.2, 0) is 10.3 Å². The molecule has 0 amide bonds. The van der Waals surface area contributed by atoms with Gasteiger partial charge in [0.1, 0.15) is 23.6 Å². The molecule has 2 aromatic carbocycles. The minimum atomic E-state index is -1.60. The first-order chi connectivity index (χ1) is 17.5. The molecule has 10 heteroatoms. The number of halogens is 2. The highest BCUT2D eigenvalue weighted by molar-refractivity contribution is 5.68. The summed E-state index contributed by atoms with van der Waals surface area (Å²) in [5, 5.41) is 24.8. The molecule has 2 aliphatic rings. The lowest BCUT2D eigenvalue weighted by molar-refractivity contribution is -0.00498. The van der Waals surface area contributed by atoms with E-state index in [1.165, 1.54) is 18.1 Å². The van der Waals surface area contributed by atoms with Gasteiger partial charge in [0.25, 0.3) is 0 Å². The molecule has 4 N–H and O–H groups in total. The fraction of sp³-hybridized carbons (Fsp3) is 0.462. The first-order valence-electron chi connectivity index (χ1n) is 12.3. The van der Waals surface area contributed by atoms with Crippen LogP contribution in [0.25, 0.3) is 0 Å². The molecule has 0 radical (unpaired) electrons. The van der Waals surface area contributed by atoms with E-state index in [9.17, 15) is 13.9 Å². The van der Waals surface area contributed by atoms with Crippen molar-refractivity contribution in [3.8, 4) is 0 Å². The fourth-order valence-corrected chi connectivity index (χ4v) is 4.84. The third kappa shape index (κ3) is 6.77. The van der Waals surface area contributed by atoms with Gasteiger partial charge in [-0.3, -0.25) is 10.3 Å². The predicted molar refractivity (Wildman–Crippen MR) is 138 cm³/mol.